The van der Waals surface area contributed by atoms with Crippen LogP contribution in [0.15, 0.2) is 18.3 Å². The standard InChI is InChI=1S/C11H17N5S/c1-2-7-3-4-8(17-7)5-10(15-13)9-6-14-16-11(9)12/h3-4,6,10,15H,2,5,13H2,1H3,(H3,12,14,16). The number of nitrogen functional groups attached to an aromatic ring is 1. The van der Waals surface area contributed by atoms with Crippen LogP contribution in [-0.2, 0) is 12.8 Å². The average Bonchev–Trinajstić information content (AvgIpc) is 2.95. The first-order chi connectivity index (χ1) is 8.24. The number of nitrogens with zero attached hydrogens (tertiary/aromatic N) is 1. The highest BCUT2D eigenvalue weighted by Gasteiger charge is 2.16. The van der Waals surface area contributed by atoms with Crippen molar-refractivity contribution in [3.8, 4) is 0 Å². The van der Waals surface area contributed by atoms with Gasteiger partial charge in [-0.15, -0.1) is 11.3 Å². The molecule has 6 N–H and O–H groups in total. The van der Waals surface area contributed by atoms with E-state index in [1.54, 1.807) is 6.20 Å². The Kier molecular flexibility index (Phi) is 3.78. The summed E-state index contributed by atoms with van der Waals surface area (Å²) in [6.07, 6.45) is 3.61. The third-order valence-electron chi connectivity index (χ3n) is 2.75. The number of nitrogens with one attached hydrogen (secondary N) is 2. The molecule has 0 radical (unpaired) electrons. The van der Waals surface area contributed by atoms with Crippen molar-refractivity contribution in [3.05, 3.63) is 33.6 Å². The van der Waals surface area contributed by atoms with Crippen LogP contribution in [0.2, 0.25) is 0 Å². The Morgan fingerprint density at radius 2 is 2.24 bits per heavy atom. The monoisotopic (exact) mass is 251 g/mol. The van der Waals surface area contributed by atoms with Gasteiger partial charge in [0.25, 0.3) is 0 Å². The number of thiophene rings is 1. The zero-order valence-electron chi connectivity index (χ0n) is 9.73. The lowest BCUT2D eigenvalue weighted by molar-refractivity contribution is 0.557. The molecule has 92 valence electrons. The van der Waals surface area contributed by atoms with Crippen LogP contribution in [0.5, 0.6) is 0 Å². The Labute approximate surface area is 104 Å². The zero-order chi connectivity index (χ0) is 12.3. The molecular formula is C11H17N5S. The van der Waals surface area contributed by atoms with Crippen molar-refractivity contribution in [3.63, 3.8) is 0 Å². The van der Waals surface area contributed by atoms with Gasteiger partial charge in [0.05, 0.1) is 12.2 Å². The van der Waals surface area contributed by atoms with E-state index in [2.05, 4.69) is 34.7 Å². The van der Waals surface area contributed by atoms with E-state index in [4.69, 9.17) is 11.6 Å². The zero-order valence-corrected chi connectivity index (χ0v) is 10.6. The number of H-pyrrole nitrogens is 1. The molecule has 2 rings (SSSR count). The maximum atomic E-state index is 5.79. The topological polar surface area (TPSA) is 92.7 Å². The van der Waals surface area contributed by atoms with Crippen molar-refractivity contribution < 1.29 is 0 Å². The van der Waals surface area contributed by atoms with E-state index < -0.39 is 0 Å². The van der Waals surface area contributed by atoms with Gasteiger partial charge in [-0.25, -0.2) is 0 Å². The van der Waals surface area contributed by atoms with Crippen LogP contribution in [0, 0.1) is 0 Å². The molecule has 0 aliphatic carbocycles. The summed E-state index contributed by atoms with van der Waals surface area (Å²) in [6.45, 7) is 2.16. The van der Waals surface area contributed by atoms with Crippen LogP contribution in [0.1, 0.15) is 28.3 Å². The average molecular weight is 251 g/mol. The van der Waals surface area contributed by atoms with Crippen LogP contribution >= 0.6 is 11.3 Å². The lowest BCUT2D eigenvalue weighted by Gasteiger charge is -2.13. The number of aromatic amines is 1. The van der Waals surface area contributed by atoms with Crippen LogP contribution < -0.4 is 17.0 Å². The Bertz CT molecular complexity index is 476. The van der Waals surface area contributed by atoms with Gasteiger partial charge in [-0.3, -0.25) is 16.4 Å². The molecule has 5 nitrogen and oxygen atoms in total. The minimum atomic E-state index is -0.00268. The summed E-state index contributed by atoms with van der Waals surface area (Å²) < 4.78 is 0. The molecule has 0 spiro atoms. The number of nitrogens with two attached hydrogens (primary N) is 2. The molecule has 0 bridgehead atoms. The molecule has 1 unspecified atom stereocenters. The number of aryl methyl sites for hydroxylation is 1. The first kappa shape index (κ1) is 12.1. The van der Waals surface area contributed by atoms with Crippen LogP contribution in [0.3, 0.4) is 0 Å². The van der Waals surface area contributed by atoms with Gasteiger partial charge in [0.1, 0.15) is 5.82 Å². The van der Waals surface area contributed by atoms with E-state index in [0.717, 1.165) is 18.4 Å². The molecule has 6 heteroatoms. The van der Waals surface area contributed by atoms with E-state index >= 15 is 0 Å². The molecule has 0 fully saturated rings. The number of hydrogen-bond acceptors (Lipinski definition) is 5. The van der Waals surface area contributed by atoms with Crippen molar-refractivity contribution in [2.24, 2.45) is 5.84 Å². The molecule has 0 aliphatic rings. The third kappa shape index (κ3) is 2.66. The molecule has 0 saturated carbocycles. The Hall–Kier alpha value is -1.37. The van der Waals surface area contributed by atoms with E-state index in [9.17, 15) is 0 Å². The summed E-state index contributed by atoms with van der Waals surface area (Å²) >= 11 is 1.81. The van der Waals surface area contributed by atoms with Gasteiger partial charge in [-0.05, 0) is 18.6 Å². The summed E-state index contributed by atoms with van der Waals surface area (Å²) in [5, 5.41) is 6.63. The Morgan fingerprint density at radius 1 is 1.47 bits per heavy atom. The second-order valence-corrected chi connectivity index (χ2v) is 5.14. The number of aromatic nitrogens is 2. The van der Waals surface area contributed by atoms with Crippen molar-refractivity contribution in [1.82, 2.24) is 15.6 Å². The number of hydrazine groups is 1. The molecule has 0 aromatic carbocycles. The molecule has 2 heterocycles. The van der Waals surface area contributed by atoms with Crippen molar-refractivity contribution >= 4 is 17.2 Å². The molecular weight excluding hydrogens is 234 g/mol. The maximum absolute atomic E-state index is 5.79. The Morgan fingerprint density at radius 3 is 2.76 bits per heavy atom. The highest BCUT2D eigenvalue weighted by atomic mass is 32.1. The molecule has 0 aliphatic heterocycles. The van der Waals surface area contributed by atoms with Gasteiger partial charge in [0.2, 0.25) is 0 Å². The summed E-state index contributed by atoms with van der Waals surface area (Å²) in [7, 11) is 0. The summed E-state index contributed by atoms with van der Waals surface area (Å²) in [5.74, 6) is 6.15. The summed E-state index contributed by atoms with van der Waals surface area (Å²) in [5.41, 5.74) is 9.50. The number of rotatable bonds is 5. The maximum Gasteiger partial charge on any atom is 0.123 e. The van der Waals surface area contributed by atoms with E-state index in [1.807, 2.05) is 11.3 Å². The van der Waals surface area contributed by atoms with Crippen molar-refractivity contribution in [2.75, 3.05) is 5.73 Å². The first-order valence-electron chi connectivity index (χ1n) is 5.57. The predicted octanol–water partition coefficient (Wildman–Crippen LogP) is 1.36. The fourth-order valence-corrected chi connectivity index (χ4v) is 2.77. The van der Waals surface area contributed by atoms with Crippen LogP contribution in [0.4, 0.5) is 5.82 Å². The summed E-state index contributed by atoms with van der Waals surface area (Å²) in [6, 6.07) is 4.30. The third-order valence-corrected chi connectivity index (χ3v) is 4.00. The molecule has 0 amide bonds. The van der Waals surface area contributed by atoms with Gasteiger partial charge in [0.15, 0.2) is 0 Å². The largest absolute Gasteiger partial charge is 0.384 e. The number of anilines is 1. The summed E-state index contributed by atoms with van der Waals surface area (Å²) in [4.78, 5) is 2.68. The fraction of sp³-hybridized carbons (Fsp3) is 0.364. The Balaban J connectivity index is 2.12. The van der Waals surface area contributed by atoms with E-state index in [1.165, 1.54) is 9.75 Å². The smallest absolute Gasteiger partial charge is 0.123 e. The molecule has 17 heavy (non-hydrogen) atoms. The molecule has 2 aromatic rings. The minimum Gasteiger partial charge on any atom is -0.384 e. The molecule has 0 saturated heterocycles. The van der Waals surface area contributed by atoms with Crippen molar-refractivity contribution in [2.45, 2.75) is 25.8 Å². The molecule has 2 aromatic heterocycles. The predicted molar refractivity (Wildman–Crippen MR) is 70.5 cm³/mol. The normalized spacial score (nSPS) is 12.8. The molecule has 1 atom stereocenters. The minimum absolute atomic E-state index is 0.00268. The van der Waals surface area contributed by atoms with E-state index in [0.29, 0.717) is 5.82 Å². The highest BCUT2D eigenvalue weighted by Crippen LogP contribution is 2.25. The quantitative estimate of drug-likeness (QED) is 0.477. The van der Waals surface area contributed by atoms with Crippen molar-refractivity contribution in [1.29, 1.82) is 0 Å². The van der Waals surface area contributed by atoms with Gasteiger partial charge in [0, 0.05) is 21.7 Å². The van der Waals surface area contributed by atoms with Gasteiger partial charge in [-0.1, -0.05) is 6.92 Å². The van der Waals surface area contributed by atoms with Crippen LogP contribution in [0.25, 0.3) is 0 Å². The second kappa shape index (κ2) is 5.31. The first-order valence-corrected chi connectivity index (χ1v) is 6.38. The lowest BCUT2D eigenvalue weighted by atomic mass is 10.1. The van der Waals surface area contributed by atoms with Gasteiger partial charge >= 0.3 is 0 Å². The number of hydrogen-bond donors (Lipinski definition) is 4. The highest BCUT2D eigenvalue weighted by molar-refractivity contribution is 7.11. The van der Waals surface area contributed by atoms with Gasteiger partial charge in [-0.2, -0.15) is 5.10 Å². The fourth-order valence-electron chi connectivity index (χ4n) is 1.77. The second-order valence-electron chi connectivity index (χ2n) is 3.88. The SMILES string of the molecule is CCc1ccc(CC(NN)c2cn[nH]c2N)s1. The lowest BCUT2D eigenvalue weighted by Crippen LogP contribution is -2.29. The van der Waals surface area contributed by atoms with E-state index in [-0.39, 0.29) is 6.04 Å². The van der Waals surface area contributed by atoms with Gasteiger partial charge < -0.3 is 5.73 Å². The van der Waals surface area contributed by atoms with Crippen LogP contribution in [-0.4, -0.2) is 10.2 Å².